The minimum atomic E-state index is -1.25. The summed E-state index contributed by atoms with van der Waals surface area (Å²) in [5.74, 6) is -2.31. The molecule has 1 aromatic carbocycles. The Hall–Kier alpha value is -2.77. The summed E-state index contributed by atoms with van der Waals surface area (Å²) in [6, 6.07) is 2.48. The van der Waals surface area contributed by atoms with Crippen molar-refractivity contribution in [3.05, 3.63) is 34.2 Å². The highest BCUT2D eigenvalue weighted by Gasteiger charge is 2.15. The molecule has 0 saturated heterocycles. The summed E-state index contributed by atoms with van der Waals surface area (Å²) in [5.41, 5.74) is 13.5. The number of nitrogens with two attached hydrogens (primary N) is 1. The van der Waals surface area contributed by atoms with Crippen molar-refractivity contribution < 1.29 is 19.8 Å². The molecule has 0 saturated carbocycles. The van der Waals surface area contributed by atoms with E-state index >= 15 is 0 Å². The molecule has 1 rings (SSSR count). The minimum absolute atomic E-state index is 0.0746. The minimum Gasteiger partial charge on any atom is -0.507 e. The molecule has 0 spiro atoms. The standard InChI is InChI=1S/C10H11N5O4/c11-7(10(18)19)4-13-9(17)6-2-1-5(14-15-12)3-8(6)16/h1-3,7,16H,4,11H2,(H,13,17)(H,18,19)/t7-/m0/s1. The lowest BCUT2D eigenvalue weighted by molar-refractivity contribution is -0.138. The fourth-order valence-electron chi connectivity index (χ4n) is 1.21. The number of rotatable bonds is 5. The van der Waals surface area contributed by atoms with E-state index in [1.165, 1.54) is 12.1 Å². The number of aromatic hydroxyl groups is 1. The van der Waals surface area contributed by atoms with E-state index in [0.29, 0.717) is 0 Å². The number of phenolic OH excluding ortho intramolecular Hbond substituents is 1. The number of nitrogens with zero attached hydrogens (tertiary/aromatic N) is 3. The molecule has 0 bridgehead atoms. The number of hydrogen-bond acceptors (Lipinski definition) is 5. The van der Waals surface area contributed by atoms with Crippen molar-refractivity contribution in [2.45, 2.75) is 6.04 Å². The molecule has 1 atom stereocenters. The fourth-order valence-corrected chi connectivity index (χ4v) is 1.21. The van der Waals surface area contributed by atoms with Crippen LogP contribution in [-0.2, 0) is 4.79 Å². The van der Waals surface area contributed by atoms with Crippen LogP contribution in [0.2, 0.25) is 0 Å². The van der Waals surface area contributed by atoms with E-state index in [1.54, 1.807) is 0 Å². The third-order valence-corrected chi connectivity index (χ3v) is 2.19. The Morgan fingerprint density at radius 1 is 1.53 bits per heavy atom. The van der Waals surface area contributed by atoms with E-state index in [0.717, 1.165) is 6.07 Å². The Morgan fingerprint density at radius 2 is 2.21 bits per heavy atom. The van der Waals surface area contributed by atoms with Gasteiger partial charge in [0.25, 0.3) is 5.91 Å². The van der Waals surface area contributed by atoms with Gasteiger partial charge in [0.2, 0.25) is 0 Å². The Labute approximate surface area is 107 Å². The maximum absolute atomic E-state index is 11.6. The van der Waals surface area contributed by atoms with E-state index < -0.39 is 17.9 Å². The Morgan fingerprint density at radius 3 is 2.74 bits per heavy atom. The van der Waals surface area contributed by atoms with Gasteiger partial charge in [-0.05, 0) is 17.7 Å². The van der Waals surface area contributed by atoms with Crippen molar-refractivity contribution in [1.82, 2.24) is 5.32 Å². The van der Waals surface area contributed by atoms with Crippen LogP contribution in [-0.4, -0.2) is 34.7 Å². The fraction of sp³-hybridized carbons (Fsp3) is 0.200. The van der Waals surface area contributed by atoms with Crippen molar-refractivity contribution >= 4 is 17.6 Å². The molecular weight excluding hydrogens is 254 g/mol. The summed E-state index contributed by atoms with van der Waals surface area (Å²) in [5, 5.41) is 23.6. The molecule has 0 aliphatic heterocycles. The third-order valence-electron chi connectivity index (χ3n) is 2.19. The number of azide groups is 1. The predicted molar refractivity (Wildman–Crippen MR) is 64.9 cm³/mol. The second-order valence-electron chi connectivity index (χ2n) is 3.55. The number of phenols is 1. The molecule has 0 aliphatic carbocycles. The number of carbonyl (C=O) groups is 2. The van der Waals surface area contributed by atoms with Crippen LogP contribution in [0.3, 0.4) is 0 Å². The van der Waals surface area contributed by atoms with Crippen LogP contribution in [0.25, 0.3) is 10.4 Å². The average molecular weight is 265 g/mol. The molecule has 5 N–H and O–H groups in total. The van der Waals surface area contributed by atoms with E-state index in [9.17, 15) is 14.7 Å². The van der Waals surface area contributed by atoms with Crippen molar-refractivity contribution in [2.24, 2.45) is 10.8 Å². The lowest BCUT2D eigenvalue weighted by Crippen LogP contribution is -2.42. The number of nitrogens with one attached hydrogen (secondary N) is 1. The number of amides is 1. The van der Waals surface area contributed by atoms with Crippen molar-refractivity contribution in [3.8, 4) is 5.75 Å². The Bertz CT molecular complexity index is 553. The predicted octanol–water partition coefficient (Wildman–Crippen LogP) is 0.476. The van der Waals surface area contributed by atoms with Gasteiger partial charge in [-0.2, -0.15) is 0 Å². The SMILES string of the molecule is [N-]=[N+]=Nc1ccc(C(=O)NC[C@H](N)C(=O)O)c(O)c1. The van der Waals surface area contributed by atoms with Gasteiger partial charge in [0.1, 0.15) is 11.8 Å². The first-order valence-corrected chi connectivity index (χ1v) is 5.10. The van der Waals surface area contributed by atoms with Crippen LogP contribution < -0.4 is 11.1 Å². The third kappa shape index (κ3) is 3.87. The summed E-state index contributed by atoms with van der Waals surface area (Å²) in [7, 11) is 0. The highest BCUT2D eigenvalue weighted by Crippen LogP contribution is 2.23. The molecule has 0 heterocycles. The van der Waals surface area contributed by atoms with Gasteiger partial charge in [-0.25, -0.2) is 0 Å². The van der Waals surface area contributed by atoms with Gasteiger partial charge in [0.05, 0.1) is 5.56 Å². The lowest BCUT2D eigenvalue weighted by atomic mass is 10.1. The highest BCUT2D eigenvalue weighted by molar-refractivity contribution is 5.97. The molecule has 9 nitrogen and oxygen atoms in total. The van der Waals surface area contributed by atoms with Crippen molar-refractivity contribution in [3.63, 3.8) is 0 Å². The van der Waals surface area contributed by atoms with E-state index in [2.05, 4.69) is 15.3 Å². The number of aliphatic carboxylic acids is 1. The van der Waals surface area contributed by atoms with Crippen LogP contribution in [0.1, 0.15) is 10.4 Å². The summed E-state index contributed by atoms with van der Waals surface area (Å²) in [6.07, 6.45) is 0. The number of carboxylic acids is 1. The average Bonchev–Trinajstić information content (AvgIpc) is 2.36. The van der Waals surface area contributed by atoms with Crippen LogP contribution in [0.4, 0.5) is 5.69 Å². The zero-order valence-corrected chi connectivity index (χ0v) is 9.65. The van der Waals surface area contributed by atoms with Crippen LogP contribution in [0, 0.1) is 0 Å². The summed E-state index contributed by atoms with van der Waals surface area (Å²) >= 11 is 0. The van der Waals surface area contributed by atoms with Gasteiger partial charge in [-0.15, -0.1) is 0 Å². The Kier molecular flexibility index (Phi) is 4.69. The molecule has 1 aromatic rings. The first kappa shape index (κ1) is 14.3. The number of benzene rings is 1. The molecular formula is C10H11N5O4. The summed E-state index contributed by atoms with van der Waals surface area (Å²) < 4.78 is 0. The monoisotopic (exact) mass is 265 g/mol. The molecule has 1 amide bonds. The van der Waals surface area contributed by atoms with Gasteiger partial charge in [-0.1, -0.05) is 11.2 Å². The maximum Gasteiger partial charge on any atom is 0.322 e. The van der Waals surface area contributed by atoms with Crippen molar-refractivity contribution in [2.75, 3.05) is 6.54 Å². The molecule has 9 heteroatoms. The van der Waals surface area contributed by atoms with E-state index in [1.807, 2.05) is 0 Å². The molecule has 0 aliphatic rings. The van der Waals surface area contributed by atoms with Crippen LogP contribution >= 0.6 is 0 Å². The number of carboxylic acid groups (broad SMARTS) is 1. The molecule has 0 radical (unpaired) electrons. The van der Waals surface area contributed by atoms with Crippen molar-refractivity contribution in [1.29, 1.82) is 0 Å². The van der Waals surface area contributed by atoms with Crippen LogP contribution in [0.5, 0.6) is 5.75 Å². The second kappa shape index (κ2) is 6.24. The van der Waals surface area contributed by atoms with E-state index in [-0.39, 0.29) is 23.5 Å². The summed E-state index contributed by atoms with van der Waals surface area (Å²) in [6.45, 7) is -0.272. The normalized spacial score (nSPS) is 11.2. The zero-order chi connectivity index (χ0) is 14.4. The van der Waals surface area contributed by atoms with Gasteiger partial charge in [0, 0.05) is 17.1 Å². The highest BCUT2D eigenvalue weighted by atomic mass is 16.4. The number of hydrogen-bond donors (Lipinski definition) is 4. The topological polar surface area (TPSA) is 161 Å². The van der Waals surface area contributed by atoms with E-state index in [4.69, 9.17) is 16.4 Å². The summed E-state index contributed by atoms with van der Waals surface area (Å²) in [4.78, 5) is 24.6. The molecule has 0 unspecified atom stereocenters. The molecule has 0 aromatic heterocycles. The first-order valence-electron chi connectivity index (χ1n) is 5.10. The molecule has 0 fully saturated rings. The van der Waals surface area contributed by atoms with Gasteiger partial charge in [-0.3, -0.25) is 9.59 Å². The first-order chi connectivity index (χ1) is 8.95. The smallest absolute Gasteiger partial charge is 0.322 e. The second-order valence-corrected chi connectivity index (χ2v) is 3.55. The zero-order valence-electron chi connectivity index (χ0n) is 9.65. The van der Waals surface area contributed by atoms with Gasteiger partial charge >= 0.3 is 5.97 Å². The van der Waals surface area contributed by atoms with Crippen LogP contribution in [0.15, 0.2) is 23.3 Å². The number of carbonyl (C=O) groups excluding carboxylic acids is 1. The largest absolute Gasteiger partial charge is 0.507 e. The Balaban J connectivity index is 2.77. The molecule has 19 heavy (non-hydrogen) atoms. The van der Waals surface area contributed by atoms with Gasteiger partial charge in [0.15, 0.2) is 0 Å². The molecule has 100 valence electrons. The lowest BCUT2D eigenvalue weighted by Gasteiger charge is -2.09. The maximum atomic E-state index is 11.6. The van der Waals surface area contributed by atoms with Gasteiger partial charge < -0.3 is 21.3 Å². The quantitative estimate of drug-likeness (QED) is 0.345.